The molecule has 0 N–H and O–H groups in total. The first-order valence-corrected chi connectivity index (χ1v) is 6.88. The molecule has 0 aliphatic heterocycles. The van der Waals surface area contributed by atoms with Gasteiger partial charge in [-0.15, -0.1) is 0 Å². The van der Waals surface area contributed by atoms with E-state index < -0.39 is 0 Å². The molecule has 0 saturated heterocycles. The third-order valence-corrected chi connectivity index (χ3v) is 3.09. The van der Waals surface area contributed by atoms with E-state index in [-0.39, 0.29) is 0 Å². The molecule has 86 valence electrons. The first-order chi connectivity index (χ1) is 8.29. The normalized spacial score (nSPS) is 10.9. The Morgan fingerprint density at radius 2 is 1.76 bits per heavy atom. The highest BCUT2D eigenvalue weighted by Crippen LogP contribution is 2.22. The Kier molecular flexibility index (Phi) is 4.41. The van der Waals surface area contributed by atoms with Gasteiger partial charge in [0.2, 0.25) is 0 Å². The van der Waals surface area contributed by atoms with Gasteiger partial charge in [-0.25, -0.2) is 0 Å². The maximum Gasteiger partial charge on any atom is 0.0406 e. The van der Waals surface area contributed by atoms with Crippen LogP contribution >= 0.6 is 27.5 Å². The molecule has 17 heavy (non-hydrogen) atoms. The van der Waals surface area contributed by atoms with Crippen molar-refractivity contribution in [2.75, 3.05) is 5.33 Å². The van der Waals surface area contributed by atoms with Crippen LogP contribution in [0.3, 0.4) is 0 Å². The van der Waals surface area contributed by atoms with Gasteiger partial charge in [0.1, 0.15) is 0 Å². The summed E-state index contributed by atoms with van der Waals surface area (Å²) < 4.78 is 0. The van der Waals surface area contributed by atoms with Crippen LogP contribution in [0.4, 0.5) is 0 Å². The molecule has 2 aromatic carbocycles. The second kappa shape index (κ2) is 6.04. The van der Waals surface area contributed by atoms with E-state index in [4.69, 9.17) is 11.6 Å². The SMILES string of the molecule is Clc1ccc(-c2cccc(C=CCBr)c2)cc1. The predicted molar refractivity (Wildman–Crippen MR) is 79.7 cm³/mol. The number of benzene rings is 2. The molecule has 0 amide bonds. The van der Waals surface area contributed by atoms with E-state index in [2.05, 4.69) is 52.3 Å². The Hall–Kier alpha value is -1.05. The summed E-state index contributed by atoms with van der Waals surface area (Å²) in [7, 11) is 0. The average Bonchev–Trinajstić information content (AvgIpc) is 2.37. The van der Waals surface area contributed by atoms with Crippen molar-refractivity contribution in [3.63, 3.8) is 0 Å². The van der Waals surface area contributed by atoms with Gasteiger partial charge in [-0.3, -0.25) is 0 Å². The van der Waals surface area contributed by atoms with Gasteiger partial charge in [0, 0.05) is 10.4 Å². The summed E-state index contributed by atoms with van der Waals surface area (Å²) in [5.41, 5.74) is 3.60. The smallest absolute Gasteiger partial charge is 0.0406 e. The molecule has 0 unspecified atom stereocenters. The number of rotatable bonds is 3. The Morgan fingerprint density at radius 3 is 2.47 bits per heavy atom. The fourth-order valence-corrected chi connectivity index (χ4v) is 1.96. The zero-order valence-electron chi connectivity index (χ0n) is 9.24. The van der Waals surface area contributed by atoms with E-state index in [1.165, 1.54) is 16.7 Å². The molecule has 0 aliphatic rings. The van der Waals surface area contributed by atoms with Crippen LogP contribution in [0.5, 0.6) is 0 Å². The van der Waals surface area contributed by atoms with Gasteiger partial charge < -0.3 is 0 Å². The minimum Gasteiger partial charge on any atom is -0.0883 e. The van der Waals surface area contributed by atoms with Crippen LogP contribution in [-0.2, 0) is 0 Å². The standard InChI is InChI=1S/C15H12BrCl/c16-10-2-4-12-3-1-5-14(11-12)13-6-8-15(17)9-7-13/h1-9,11H,10H2. The summed E-state index contributed by atoms with van der Waals surface area (Å²) in [4.78, 5) is 0. The van der Waals surface area contributed by atoms with Gasteiger partial charge in [-0.1, -0.05) is 70.0 Å². The minimum atomic E-state index is 0.768. The largest absolute Gasteiger partial charge is 0.0883 e. The summed E-state index contributed by atoms with van der Waals surface area (Å²) in [6, 6.07) is 16.3. The lowest BCUT2D eigenvalue weighted by Crippen LogP contribution is -1.79. The van der Waals surface area contributed by atoms with Crippen molar-refractivity contribution in [3.05, 3.63) is 65.2 Å². The van der Waals surface area contributed by atoms with Gasteiger partial charge in [0.15, 0.2) is 0 Å². The number of hydrogen-bond acceptors (Lipinski definition) is 0. The fourth-order valence-electron chi connectivity index (χ4n) is 1.64. The summed E-state index contributed by atoms with van der Waals surface area (Å²) >= 11 is 9.26. The molecular weight excluding hydrogens is 296 g/mol. The van der Waals surface area contributed by atoms with E-state index in [0.717, 1.165) is 10.4 Å². The predicted octanol–water partition coefficient (Wildman–Crippen LogP) is 5.42. The number of alkyl halides is 1. The van der Waals surface area contributed by atoms with Crippen molar-refractivity contribution in [3.8, 4) is 11.1 Å². The molecule has 0 spiro atoms. The van der Waals surface area contributed by atoms with E-state index in [0.29, 0.717) is 0 Å². The van der Waals surface area contributed by atoms with Crippen molar-refractivity contribution in [1.82, 2.24) is 0 Å². The minimum absolute atomic E-state index is 0.768. The van der Waals surface area contributed by atoms with Crippen molar-refractivity contribution in [2.45, 2.75) is 0 Å². The summed E-state index contributed by atoms with van der Waals surface area (Å²) in [6.45, 7) is 0. The van der Waals surface area contributed by atoms with Crippen LogP contribution in [0, 0.1) is 0 Å². The second-order valence-electron chi connectivity index (χ2n) is 3.69. The van der Waals surface area contributed by atoms with E-state index in [1.807, 2.05) is 24.3 Å². The molecular formula is C15H12BrCl. The lowest BCUT2D eigenvalue weighted by Gasteiger charge is -2.03. The van der Waals surface area contributed by atoms with Crippen molar-refractivity contribution >= 4 is 33.6 Å². The van der Waals surface area contributed by atoms with Gasteiger partial charge in [-0.2, -0.15) is 0 Å². The highest BCUT2D eigenvalue weighted by atomic mass is 79.9. The van der Waals surface area contributed by atoms with Crippen LogP contribution in [0.2, 0.25) is 5.02 Å². The van der Waals surface area contributed by atoms with Crippen LogP contribution in [-0.4, -0.2) is 5.33 Å². The third-order valence-electron chi connectivity index (χ3n) is 2.46. The maximum atomic E-state index is 5.88. The summed E-state index contributed by atoms with van der Waals surface area (Å²) in [5, 5.41) is 1.64. The topological polar surface area (TPSA) is 0 Å². The molecule has 0 saturated carbocycles. The van der Waals surface area contributed by atoms with E-state index in [9.17, 15) is 0 Å². The number of allylic oxidation sites excluding steroid dienone is 1. The molecule has 0 heterocycles. The fraction of sp³-hybridized carbons (Fsp3) is 0.0667. The molecule has 0 atom stereocenters. The Bertz CT molecular complexity index is 515. The lowest BCUT2D eigenvalue weighted by molar-refractivity contribution is 1.59. The molecule has 0 bridgehead atoms. The molecule has 2 rings (SSSR count). The summed E-state index contributed by atoms with van der Waals surface area (Å²) in [6.07, 6.45) is 4.19. The number of hydrogen-bond donors (Lipinski definition) is 0. The zero-order valence-corrected chi connectivity index (χ0v) is 11.6. The zero-order chi connectivity index (χ0) is 12.1. The molecule has 0 nitrogen and oxygen atoms in total. The summed E-state index contributed by atoms with van der Waals surface area (Å²) in [5.74, 6) is 0. The average molecular weight is 308 g/mol. The molecule has 0 fully saturated rings. The van der Waals surface area contributed by atoms with Gasteiger partial charge in [-0.05, 0) is 34.9 Å². The molecule has 2 heteroatoms. The van der Waals surface area contributed by atoms with Crippen LogP contribution in [0.1, 0.15) is 5.56 Å². The van der Waals surface area contributed by atoms with Gasteiger partial charge >= 0.3 is 0 Å². The quantitative estimate of drug-likeness (QED) is 0.665. The van der Waals surface area contributed by atoms with Gasteiger partial charge in [0.25, 0.3) is 0 Å². The number of halogens is 2. The monoisotopic (exact) mass is 306 g/mol. The molecule has 0 aromatic heterocycles. The van der Waals surface area contributed by atoms with Crippen molar-refractivity contribution < 1.29 is 0 Å². The highest BCUT2D eigenvalue weighted by molar-refractivity contribution is 9.09. The van der Waals surface area contributed by atoms with Crippen molar-refractivity contribution in [1.29, 1.82) is 0 Å². The Morgan fingerprint density at radius 1 is 1.00 bits per heavy atom. The first kappa shape index (κ1) is 12.4. The molecule has 2 aromatic rings. The second-order valence-corrected chi connectivity index (χ2v) is 4.77. The Balaban J connectivity index is 2.32. The maximum absolute atomic E-state index is 5.88. The van der Waals surface area contributed by atoms with Crippen LogP contribution in [0.15, 0.2) is 54.6 Å². The van der Waals surface area contributed by atoms with E-state index >= 15 is 0 Å². The van der Waals surface area contributed by atoms with Gasteiger partial charge in [0.05, 0.1) is 0 Å². The third kappa shape index (κ3) is 3.45. The van der Waals surface area contributed by atoms with Crippen molar-refractivity contribution in [2.24, 2.45) is 0 Å². The van der Waals surface area contributed by atoms with Crippen LogP contribution in [0.25, 0.3) is 17.2 Å². The first-order valence-electron chi connectivity index (χ1n) is 5.38. The Labute approximate surface area is 115 Å². The molecule has 0 radical (unpaired) electrons. The van der Waals surface area contributed by atoms with E-state index in [1.54, 1.807) is 0 Å². The van der Waals surface area contributed by atoms with Crippen LogP contribution < -0.4 is 0 Å². The highest BCUT2D eigenvalue weighted by Gasteiger charge is 1.97. The molecule has 0 aliphatic carbocycles. The lowest BCUT2D eigenvalue weighted by atomic mass is 10.0.